The summed E-state index contributed by atoms with van der Waals surface area (Å²) in [7, 11) is 0. The zero-order chi connectivity index (χ0) is 29.9. The zero-order valence-electron chi connectivity index (χ0n) is 21.7. The summed E-state index contributed by atoms with van der Waals surface area (Å²) in [6.45, 7) is 0. The molecule has 2 aromatic carbocycles. The number of primary amides is 1. The van der Waals surface area contributed by atoms with Crippen molar-refractivity contribution in [2.45, 2.75) is 63.0 Å². The lowest BCUT2D eigenvalue weighted by atomic mass is 9.83. The van der Waals surface area contributed by atoms with Crippen molar-refractivity contribution in [1.29, 1.82) is 0 Å². The van der Waals surface area contributed by atoms with Crippen LogP contribution in [0.4, 0.5) is 32.0 Å². The molecule has 0 bridgehead atoms. The van der Waals surface area contributed by atoms with Crippen LogP contribution in [-0.2, 0) is 14.4 Å². The summed E-state index contributed by atoms with van der Waals surface area (Å²) in [6.07, 6.45) is -14.4. The molecule has 13 heteroatoms. The number of alkyl halides is 6. The highest BCUT2D eigenvalue weighted by Crippen LogP contribution is 2.45. The van der Waals surface area contributed by atoms with E-state index in [0.29, 0.717) is 22.5 Å². The highest BCUT2D eigenvalue weighted by Gasteiger charge is 2.41. The van der Waals surface area contributed by atoms with E-state index in [1.807, 2.05) is 6.07 Å². The molecular formula is C28H28F6N4O3. The van der Waals surface area contributed by atoms with Crippen molar-refractivity contribution in [2.75, 3.05) is 5.32 Å². The fraction of sp³-hybridized carbons (Fsp3) is 0.429. The fourth-order valence-corrected chi connectivity index (χ4v) is 4.95. The lowest BCUT2D eigenvalue weighted by Crippen LogP contribution is -2.48. The van der Waals surface area contributed by atoms with Crippen LogP contribution in [0.25, 0.3) is 0 Å². The van der Waals surface area contributed by atoms with E-state index in [0.717, 1.165) is 18.4 Å². The van der Waals surface area contributed by atoms with Gasteiger partial charge in [0, 0.05) is 35.8 Å². The molecule has 3 amide bonds. The minimum Gasteiger partial charge on any atom is -0.369 e. The summed E-state index contributed by atoms with van der Waals surface area (Å²) in [6, 6.07) is 14.1. The first-order chi connectivity index (χ1) is 19.2. The summed E-state index contributed by atoms with van der Waals surface area (Å²) < 4.78 is 78.0. The second-order valence-electron chi connectivity index (χ2n) is 10.2. The lowest BCUT2D eigenvalue weighted by molar-refractivity contribution is -0.152. The van der Waals surface area contributed by atoms with Crippen molar-refractivity contribution in [2.24, 2.45) is 22.6 Å². The molecule has 1 heterocycles. The van der Waals surface area contributed by atoms with E-state index in [2.05, 4.69) is 15.6 Å². The summed E-state index contributed by atoms with van der Waals surface area (Å²) in [4.78, 5) is 43.2. The molecule has 3 atom stereocenters. The van der Waals surface area contributed by atoms with Crippen molar-refractivity contribution < 1.29 is 40.7 Å². The molecule has 1 saturated carbocycles. The molecule has 2 aliphatic rings. The van der Waals surface area contributed by atoms with Gasteiger partial charge in [0.25, 0.3) is 5.91 Å². The van der Waals surface area contributed by atoms with Crippen LogP contribution in [0.3, 0.4) is 0 Å². The summed E-state index contributed by atoms with van der Waals surface area (Å²) in [5, 5.41) is 5.05. The summed E-state index contributed by atoms with van der Waals surface area (Å²) in [5.74, 6) is -6.90. The first-order valence-electron chi connectivity index (χ1n) is 13.0. The predicted molar refractivity (Wildman–Crippen MR) is 138 cm³/mol. The van der Waals surface area contributed by atoms with Gasteiger partial charge in [-0.2, -0.15) is 26.3 Å². The molecule has 7 nitrogen and oxygen atoms in total. The Labute approximate surface area is 231 Å². The molecule has 0 saturated heterocycles. The quantitative estimate of drug-likeness (QED) is 0.335. The van der Waals surface area contributed by atoms with Gasteiger partial charge >= 0.3 is 12.4 Å². The number of carbonyl (C=O) groups excluding carboxylic acids is 3. The minimum absolute atomic E-state index is 0.213. The topological polar surface area (TPSA) is 114 Å². The van der Waals surface area contributed by atoms with Crippen LogP contribution in [0.15, 0.2) is 53.5 Å². The number of amides is 3. The number of benzodiazepines with no additional fused rings is 1. The van der Waals surface area contributed by atoms with Crippen LogP contribution in [0.5, 0.6) is 0 Å². The number of hydrogen-bond acceptors (Lipinski definition) is 4. The third-order valence-electron chi connectivity index (χ3n) is 7.12. The number of rotatable bonds is 10. The minimum atomic E-state index is -4.76. The summed E-state index contributed by atoms with van der Waals surface area (Å²) >= 11 is 0. The third kappa shape index (κ3) is 7.86. The monoisotopic (exact) mass is 582 g/mol. The average Bonchev–Trinajstić information content (AvgIpc) is 3.73. The van der Waals surface area contributed by atoms with Gasteiger partial charge in [0.2, 0.25) is 18.0 Å². The van der Waals surface area contributed by atoms with Crippen LogP contribution < -0.4 is 16.4 Å². The van der Waals surface area contributed by atoms with Crippen molar-refractivity contribution >= 4 is 29.1 Å². The second kappa shape index (κ2) is 11.9. The van der Waals surface area contributed by atoms with E-state index in [4.69, 9.17) is 5.73 Å². The largest absolute Gasteiger partial charge is 0.389 e. The lowest BCUT2D eigenvalue weighted by Gasteiger charge is -2.26. The smallest absolute Gasteiger partial charge is 0.369 e. The van der Waals surface area contributed by atoms with Crippen LogP contribution >= 0.6 is 0 Å². The van der Waals surface area contributed by atoms with Crippen LogP contribution in [0, 0.1) is 11.8 Å². The van der Waals surface area contributed by atoms with Gasteiger partial charge in [0.05, 0.1) is 11.4 Å². The molecule has 0 aromatic heterocycles. The standard InChI is InChI=1S/C28H28F6N4O3/c29-27(30,31)13-11-18(23(35)39)19(12-14-28(32,33)34)25(40)38-24-26(41)37-22-17(15-9-10-15)7-4-8-20(22)21(36-24)16-5-2-1-3-6-16/h1-8,15,18-19,24H,9-14H2,(H2,35,39)(H,37,41)(H,38,40)/t18-,19+,24+/m0/s1. The number of fused-ring (bicyclic) bond motifs is 1. The Balaban J connectivity index is 1.69. The van der Waals surface area contributed by atoms with Crippen molar-refractivity contribution in [3.05, 3.63) is 65.2 Å². The highest BCUT2D eigenvalue weighted by atomic mass is 19.4. The first kappa shape index (κ1) is 30.1. The maximum atomic E-state index is 13.3. The molecular weight excluding hydrogens is 554 g/mol. The number of nitrogens with zero attached hydrogens (tertiary/aromatic N) is 1. The van der Waals surface area contributed by atoms with E-state index in [9.17, 15) is 40.7 Å². The maximum absolute atomic E-state index is 13.3. The Bertz CT molecular complexity index is 1320. The molecule has 1 aliphatic heterocycles. The second-order valence-corrected chi connectivity index (χ2v) is 10.2. The van der Waals surface area contributed by atoms with E-state index in [1.54, 1.807) is 42.5 Å². The Kier molecular flexibility index (Phi) is 8.74. The van der Waals surface area contributed by atoms with Gasteiger partial charge in [-0.1, -0.05) is 48.5 Å². The molecule has 0 radical (unpaired) electrons. The predicted octanol–water partition coefficient (Wildman–Crippen LogP) is 5.20. The molecule has 0 unspecified atom stereocenters. The molecule has 41 heavy (non-hydrogen) atoms. The highest BCUT2D eigenvalue weighted by molar-refractivity contribution is 6.20. The number of carbonyl (C=O) groups is 3. The summed E-state index contributed by atoms with van der Waals surface area (Å²) in [5.41, 5.74) is 8.11. The van der Waals surface area contributed by atoms with Gasteiger partial charge in [0.15, 0.2) is 0 Å². The van der Waals surface area contributed by atoms with Gasteiger partial charge < -0.3 is 16.4 Å². The molecule has 0 spiro atoms. The van der Waals surface area contributed by atoms with E-state index in [1.165, 1.54) is 0 Å². The van der Waals surface area contributed by atoms with Crippen molar-refractivity contribution in [3.8, 4) is 0 Å². The maximum Gasteiger partial charge on any atom is 0.389 e. The van der Waals surface area contributed by atoms with Gasteiger partial charge in [-0.3, -0.25) is 14.4 Å². The third-order valence-corrected chi connectivity index (χ3v) is 7.12. The van der Waals surface area contributed by atoms with Gasteiger partial charge in [-0.05, 0) is 37.2 Å². The Hall–Kier alpha value is -3.90. The molecule has 4 N–H and O–H groups in total. The van der Waals surface area contributed by atoms with Crippen LogP contribution in [0.1, 0.15) is 61.1 Å². The molecule has 4 rings (SSSR count). The van der Waals surface area contributed by atoms with Crippen LogP contribution in [-0.4, -0.2) is 42.0 Å². The number of nitrogens with one attached hydrogen (secondary N) is 2. The molecule has 1 aliphatic carbocycles. The fourth-order valence-electron chi connectivity index (χ4n) is 4.95. The number of nitrogens with two attached hydrogens (primary N) is 1. The average molecular weight is 583 g/mol. The number of anilines is 1. The first-order valence-corrected chi connectivity index (χ1v) is 13.0. The number of hydrogen-bond donors (Lipinski definition) is 3. The van der Waals surface area contributed by atoms with Crippen LogP contribution in [0.2, 0.25) is 0 Å². The Morgan fingerprint density at radius 3 is 2.10 bits per heavy atom. The van der Waals surface area contributed by atoms with Crippen molar-refractivity contribution in [1.82, 2.24) is 5.32 Å². The Morgan fingerprint density at radius 1 is 0.927 bits per heavy atom. The van der Waals surface area contributed by atoms with E-state index in [-0.39, 0.29) is 5.92 Å². The van der Waals surface area contributed by atoms with Gasteiger partial charge in [-0.25, -0.2) is 4.99 Å². The van der Waals surface area contributed by atoms with Gasteiger partial charge in [-0.15, -0.1) is 0 Å². The normalized spacial score (nSPS) is 18.8. The molecule has 2 aromatic rings. The number of benzene rings is 2. The zero-order valence-corrected chi connectivity index (χ0v) is 21.7. The van der Waals surface area contributed by atoms with Crippen molar-refractivity contribution in [3.63, 3.8) is 0 Å². The Morgan fingerprint density at radius 2 is 1.54 bits per heavy atom. The molecule has 220 valence electrons. The SMILES string of the molecule is NC(=O)[C@@H](CCC(F)(F)F)[C@@H](CCC(F)(F)F)C(=O)N[C@H]1N=C(c2ccccc2)c2cccc(C3CC3)c2NC1=O. The number of para-hydroxylation sites is 1. The number of aliphatic imine (C=N–C) groups is 1. The number of halogens is 6. The van der Waals surface area contributed by atoms with Gasteiger partial charge in [0.1, 0.15) is 0 Å². The molecule has 1 fully saturated rings. The van der Waals surface area contributed by atoms with E-state index < -0.39 is 73.8 Å². The van der Waals surface area contributed by atoms with E-state index >= 15 is 0 Å².